The quantitative estimate of drug-likeness (QED) is 0.616. The Morgan fingerprint density at radius 3 is 2.57 bits per heavy atom. The van der Waals surface area contributed by atoms with Gasteiger partial charge in [-0.15, -0.1) is 0 Å². The summed E-state index contributed by atoms with van der Waals surface area (Å²) < 4.78 is 0. The number of piperazine rings is 1. The molecule has 80 valence electrons. The molecule has 0 aromatic carbocycles. The van der Waals surface area contributed by atoms with Gasteiger partial charge in [0.15, 0.2) is 0 Å². The van der Waals surface area contributed by atoms with Crippen molar-refractivity contribution in [3.63, 3.8) is 0 Å². The van der Waals surface area contributed by atoms with Crippen LogP contribution in [0.15, 0.2) is 0 Å². The van der Waals surface area contributed by atoms with Crippen molar-refractivity contribution in [1.29, 1.82) is 0 Å². The Hall–Kier alpha value is -0.610. The van der Waals surface area contributed by atoms with Crippen molar-refractivity contribution < 1.29 is 4.79 Å². The Morgan fingerprint density at radius 1 is 1.29 bits per heavy atom. The molecular formula is C10H19N3O. The lowest BCUT2D eigenvalue weighted by molar-refractivity contribution is -0.134. The molecule has 1 atom stereocenters. The van der Waals surface area contributed by atoms with Crippen molar-refractivity contribution in [2.24, 2.45) is 0 Å². The van der Waals surface area contributed by atoms with Gasteiger partial charge in [-0.1, -0.05) is 0 Å². The van der Waals surface area contributed by atoms with E-state index in [9.17, 15) is 4.79 Å². The van der Waals surface area contributed by atoms with Gasteiger partial charge in [0, 0.05) is 26.2 Å². The Balaban J connectivity index is 1.85. The van der Waals surface area contributed by atoms with E-state index in [4.69, 9.17) is 0 Å². The van der Waals surface area contributed by atoms with Crippen molar-refractivity contribution in [2.75, 3.05) is 39.8 Å². The molecule has 0 bridgehead atoms. The molecular weight excluding hydrogens is 178 g/mol. The molecule has 2 rings (SSSR count). The molecule has 2 saturated heterocycles. The van der Waals surface area contributed by atoms with Crippen LogP contribution >= 0.6 is 0 Å². The lowest BCUT2D eigenvalue weighted by atomic mass is 10.2. The van der Waals surface area contributed by atoms with Crippen LogP contribution in [0.1, 0.15) is 12.8 Å². The number of carbonyl (C=O) groups excluding carboxylic acids is 1. The van der Waals surface area contributed by atoms with Gasteiger partial charge in [0.1, 0.15) is 0 Å². The van der Waals surface area contributed by atoms with Crippen LogP contribution in [0.2, 0.25) is 0 Å². The van der Waals surface area contributed by atoms with Gasteiger partial charge < -0.3 is 15.1 Å². The predicted molar refractivity (Wildman–Crippen MR) is 55.1 cm³/mol. The third-order valence-electron chi connectivity index (χ3n) is 3.17. The predicted octanol–water partition coefficient (Wildman–Crippen LogP) is -0.488. The van der Waals surface area contributed by atoms with Gasteiger partial charge in [0.2, 0.25) is 5.91 Å². The summed E-state index contributed by atoms with van der Waals surface area (Å²) in [6.45, 7) is 4.82. The zero-order valence-corrected chi connectivity index (χ0v) is 8.83. The molecule has 14 heavy (non-hydrogen) atoms. The Morgan fingerprint density at radius 2 is 2.00 bits per heavy atom. The summed E-state index contributed by atoms with van der Waals surface area (Å²) in [6.07, 6.45) is 2.16. The molecule has 2 heterocycles. The summed E-state index contributed by atoms with van der Waals surface area (Å²) in [5.41, 5.74) is 0. The smallest absolute Gasteiger partial charge is 0.239 e. The highest BCUT2D eigenvalue weighted by molar-refractivity contribution is 5.82. The van der Waals surface area contributed by atoms with Gasteiger partial charge in [-0.25, -0.2) is 0 Å². The number of nitrogens with zero attached hydrogens (tertiary/aromatic N) is 2. The zero-order valence-electron chi connectivity index (χ0n) is 8.83. The van der Waals surface area contributed by atoms with E-state index in [1.54, 1.807) is 0 Å². The lowest BCUT2D eigenvalue weighted by Gasteiger charge is -2.33. The summed E-state index contributed by atoms with van der Waals surface area (Å²) in [5.74, 6) is 0.315. The maximum Gasteiger partial charge on any atom is 0.239 e. The SMILES string of the molecule is CN1CCN(C(=O)C2CCCN2)CC1. The van der Waals surface area contributed by atoms with Crippen LogP contribution in [0.5, 0.6) is 0 Å². The molecule has 0 aliphatic carbocycles. The third-order valence-corrected chi connectivity index (χ3v) is 3.17. The molecule has 0 saturated carbocycles. The van der Waals surface area contributed by atoms with E-state index in [1.165, 1.54) is 0 Å². The number of hydrogen-bond acceptors (Lipinski definition) is 3. The van der Waals surface area contributed by atoms with Crippen LogP contribution < -0.4 is 5.32 Å². The standard InChI is InChI=1S/C10H19N3O/c1-12-5-7-13(8-6-12)10(14)9-3-2-4-11-9/h9,11H,2-8H2,1H3. The van der Waals surface area contributed by atoms with Crippen LogP contribution in [0.4, 0.5) is 0 Å². The topological polar surface area (TPSA) is 35.6 Å². The van der Waals surface area contributed by atoms with Crippen molar-refractivity contribution in [1.82, 2.24) is 15.1 Å². The Labute approximate surface area is 85.2 Å². The fourth-order valence-electron chi connectivity index (χ4n) is 2.14. The fraction of sp³-hybridized carbons (Fsp3) is 0.900. The van der Waals surface area contributed by atoms with Crippen LogP contribution in [-0.4, -0.2) is 61.5 Å². The van der Waals surface area contributed by atoms with Crippen molar-refractivity contribution in [3.8, 4) is 0 Å². The van der Waals surface area contributed by atoms with Gasteiger partial charge in [-0.2, -0.15) is 0 Å². The van der Waals surface area contributed by atoms with E-state index in [0.717, 1.165) is 45.6 Å². The number of nitrogens with one attached hydrogen (secondary N) is 1. The minimum Gasteiger partial charge on any atom is -0.339 e. The maximum absolute atomic E-state index is 12.0. The van der Waals surface area contributed by atoms with Crippen LogP contribution in [0.25, 0.3) is 0 Å². The number of rotatable bonds is 1. The average Bonchev–Trinajstić information content (AvgIpc) is 2.71. The summed E-state index contributed by atoms with van der Waals surface area (Å²) in [4.78, 5) is 16.2. The molecule has 2 fully saturated rings. The third kappa shape index (κ3) is 2.07. The van der Waals surface area contributed by atoms with E-state index in [-0.39, 0.29) is 6.04 Å². The molecule has 2 aliphatic rings. The maximum atomic E-state index is 12.0. The number of hydrogen-bond donors (Lipinski definition) is 1. The minimum absolute atomic E-state index is 0.110. The van der Waals surface area contributed by atoms with E-state index < -0.39 is 0 Å². The van der Waals surface area contributed by atoms with Crippen molar-refractivity contribution in [2.45, 2.75) is 18.9 Å². The molecule has 0 spiro atoms. The second kappa shape index (κ2) is 4.28. The Bertz CT molecular complexity index is 205. The highest BCUT2D eigenvalue weighted by Gasteiger charge is 2.28. The van der Waals surface area contributed by atoms with Crippen molar-refractivity contribution >= 4 is 5.91 Å². The van der Waals surface area contributed by atoms with Gasteiger partial charge in [0.05, 0.1) is 6.04 Å². The highest BCUT2D eigenvalue weighted by Crippen LogP contribution is 2.10. The number of likely N-dealkylation sites (N-methyl/N-ethyl adjacent to an activating group) is 1. The summed E-state index contributed by atoms with van der Waals surface area (Å²) in [5, 5.41) is 3.26. The first-order valence-corrected chi connectivity index (χ1v) is 5.48. The van der Waals surface area contributed by atoms with Crippen LogP contribution in [-0.2, 0) is 4.79 Å². The van der Waals surface area contributed by atoms with Gasteiger partial charge in [-0.05, 0) is 26.4 Å². The molecule has 2 aliphatic heterocycles. The zero-order chi connectivity index (χ0) is 9.97. The van der Waals surface area contributed by atoms with E-state index in [2.05, 4.69) is 17.3 Å². The molecule has 0 radical (unpaired) electrons. The van der Waals surface area contributed by atoms with Gasteiger partial charge in [0.25, 0.3) is 0 Å². The minimum atomic E-state index is 0.110. The molecule has 0 aromatic rings. The first kappa shape index (κ1) is 9.93. The average molecular weight is 197 g/mol. The number of amides is 1. The number of carbonyl (C=O) groups is 1. The van der Waals surface area contributed by atoms with Gasteiger partial charge >= 0.3 is 0 Å². The van der Waals surface area contributed by atoms with Crippen LogP contribution in [0, 0.1) is 0 Å². The first-order valence-electron chi connectivity index (χ1n) is 5.48. The van der Waals surface area contributed by atoms with Crippen LogP contribution in [0.3, 0.4) is 0 Å². The molecule has 1 N–H and O–H groups in total. The summed E-state index contributed by atoms with van der Waals surface area (Å²) in [6, 6.07) is 0.110. The van der Waals surface area contributed by atoms with Gasteiger partial charge in [-0.3, -0.25) is 4.79 Å². The summed E-state index contributed by atoms with van der Waals surface area (Å²) >= 11 is 0. The molecule has 4 nitrogen and oxygen atoms in total. The second-order valence-electron chi connectivity index (χ2n) is 4.28. The monoisotopic (exact) mass is 197 g/mol. The molecule has 1 amide bonds. The van der Waals surface area contributed by atoms with Crippen molar-refractivity contribution in [3.05, 3.63) is 0 Å². The molecule has 0 aromatic heterocycles. The summed E-state index contributed by atoms with van der Waals surface area (Å²) in [7, 11) is 2.11. The molecule has 1 unspecified atom stereocenters. The fourth-order valence-corrected chi connectivity index (χ4v) is 2.14. The highest BCUT2D eigenvalue weighted by atomic mass is 16.2. The largest absolute Gasteiger partial charge is 0.339 e. The first-order chi connectivity index (χ1) is 6.77. The Kier molecular flexibility index (Phi) is 3.03. The second-order valence-corrected chi connectivity index (χ2v) is 4.28. The van der Waals surface area contributed by atoms with E-state index in [1.807, 2.05) is 4.90 Å². The van der Waals surface area contributed by atoms with E-state index in [0.29, 0.717) is 5.91 Å². The van der Waals surface area contributed by atoms with E-state index >= 15 is 0 Å². The lowest BCUT2D eigenvalue weighted by Crippen LogP contribution is -2.52. The molecule has 4 heteroatoms. The normalized spacial score (nSPS) is 29.5.